The number of imide groups is 1. The Hall–Kier alpha value is -0.380. The monoisotopic (exact) mass is 303 g/mol. The summed E-state index contributed by atoms with van der Waals surface area (Å²) in [6.07, 6.45) is 5.35. The van der Waals surface area contributed by atoms with E-state index < -0.39 is 0 Å². The zero-order valence-electron chi connectivity index (χ0n) is 10.8. The first kappa shape index (κ1) is 14.7. The topological polar surface area (TPSA) is 37.4 Å². The summed E-state index contributed by atoms with van der Waals surface area (Å²) in [5, 5.41) is 1.03. The molecule has 17 heavy (non-hydrogen) atoms. The van der Waals surface area contributed by atoms with Gasteiger partial charge in [-0.25, -0.2) is 0 Å². The van der Waals surface area contributed by atoms with Crippen molar-refractivity contribution in [3.63, 3.8) is 0 Å². The molecule has 3 nitrogen and oxygen atoms in total. The highest BCUT2D eigenvalue weighted by atomic mass is 79.9. The number of unbranched alkanes of at least 4 members (excludes halogenated alkanes) is 3. The van der Waals surface area contributed by atoms with Crippen LogP contribution in [0.4, 0.5) is 0 Å². The molecule has 4 heteroatoms. The summed E-state index contributed by atoms with van der Waals surface area (Å²) in [5.41, 5.74) is -0.152. The number of alkyl halides is 1. The van der Waals surface area contributed by atoms with Crippen molar-refractivity contribution in [3.8, 4) is 0 Å². The number of carbonyl (C=O) groups excluding carboxylic acids is 2. The van der Waals surface area contributed by atoms with Gasteiger partial charge in [0, 0.05) is 24.7 Å². The molecule has 0 aromatic rings. The Balaban J connectivity index is 2.33. The fourth-order valence-electron chi connectivity index (χ4n) is 2.18. The summed E-state index contributed by atoms with van der Waals surface area (Å²) < 4.78 is 0. The maximum Gasteiger partial charge on any atom is 0.229 e. The Morgan fingerprint density at radius 3 is 2.12 bits per heavy atom. The van der Waals surface area contributed by atoms with Crippen LogP contribution in [-0.2, 0) is 9.59 Å². The molecule has 0 radical (unpaired) electrons. The number of nitrogens with zero attached hydrogens (tertiary/aromatic N) is 1. The van der Waals surface area contributed by atoms with E-state index in [1.807, 2.05) is 13.8 Å². The van der Waals surface area contributed by atoms with Crippen molar-refractivity contribution in [2.45, 2.75) is 52.4 Å². The van der Waals surface area contributed by atoms with Crippen LogP contribution in [0, 0.1) is 5.41 Å². The Bertz CT molecular complexity index is 269. The van der Waals surface area contributed by atoms with E-state index in [2.05, 4.69) is 15.9 Å². The van der Waals surface area contributed by atoms with Crippen molar-refractivity contribution in [1.29, 1.82) is 0 Å². The third-order valence-electron chi connectivity index (χ3n) is 3.13. The maximum absolute atomic E-state index is 11.8. The summed E-state index contributed by atoms with van der Waals surface area (Å²) >= 11 is 3.39. The standard InChI is InChI=1S/C13H22BrNO2/c1-13(2)9-11(16)15(12(17)10-13)8-6-4-3-5-7-14/h3-10H2,1-2H3. The number of halogens is 1. The molecule has 1 aliphatic rings. The van der Waals surface area contributed by atoms with E-state index in [1.165, 1.54) is 4.90 Å². The van der Waals surface area contributed by atoms with Crippen LogP contribution in [0.1, 0.15) is 52.4 Å². The first-order valence-corrected chi connectivity index (χ1v) is 7.47. The van der Waals surface area contributed by atoms with E-state index >= 15 is 0 Å². The van der Waals surface area contributed by atoms with E-state index in [0.717, 1.165) is 31.0 Å². The van der Waals surface area contributed by atoms with Crippen molar-refractivity contribution in [2.75, 3.05) is 11.9 Å². The summed E-state index contributed by atoms with van der Waals surface area (Å²) in [5.74, 6) is 0.0125. The first-order valence-electron chi connectivity index (χ1n) is 6.35. The Morgan fingerprint density at radius 1 is 1.06 bits per heavy atom. The van der Waals surface area contributed by atoms with Gasteiger partial charge in [-0.1, -0.05) is 42.6 Å². The molecule has 0 N–H and O–H groups in total. The maximum atomic E-state index is 11.8. The van der Waals surface area contributed by atoms with Gasteiger partial charge in [0.2, 0.25) is 11.8 Å². The van der Waals surface area contributed by atoms with Gasteiger partial charge in [0.25, 0.3) is 0 Å². The van der Waals surface area contributed by atoms with Gasteiger partial charge in [-0.2, -0.15) is 0 Å². The second kappa shape index (κ2) is 6.53. The molecule has 98 valence electrons. The minimum Gasteiger partial charge on any atom is -0.283 e. The quantitative estimate of drug-likeness (QED) is 0.429. The number of likely N-dealkylation sites (tertiary alicyclic amines) is 1. The summed E-state index contributed by atoms with van der Waals surface area (Å²) in [7, 11) is 0. The molecule has 0 aliphatic carbocycles. The van der Waals surface area contributed by atoms with Gasteiger partial charge >= 0.3 is 0 Å². The molecule has 1 saturated heterocycles. The lowest BCUT2D eigenvalue weighted by atomic mass is 9.81. The highest BCUT2D eigenvalue weighted by molar-refractivity contribution is 9.09. The van der Waals surface area contributed by atoms with Gasteiger partial charge in [-0.3, -0.25) is 14.5 Å². The number of amides is 2. The normalized spacial score (nSPS) is 19.8. The second-order valence-electron chi connectivity index (χ2n) is 5.56. The predicted molar refractivity (Wildman–Crippen MR) is 72.0 cm³/mol. The minimum absolute atomic E-state index is 0.00624. The summed E-state index contributed by atoms with van der Waals surface area (Å²) in [4.78, 5) is 25.1. The van der Waals surface area contributed by atoms with Gasteiger partial charge in [0.05, 0.1) is 0 Å². The molecule has 0 spiro atoms. The minimum atomic E-state index is -0.152. The molecule has 0 bridgehead atoms. The molecule has 1 heterocycles. The van der Waals surface area contributed by atoms with Crippen LogP contribution in [-0.4, -0.2) is 28.6 Å². The van der Waals surface area contributed by atoms with Gasteiger partial charge < -0.3 is 0 Å². The lowest BCUT2D eigenvalue weighted by Crippen LogP contribution is -2.46. The molecule has 0 atom stereocenters. The van der Waals surface area contributed by atoms with Crippen LogP contribution in [0.25, 0.3) is 0 Å². The molecular weight excluding hydrogens is 282 g/mol. The zero-order valence-corrected chi connectivity index (χ0v) is 12.4. The number of piperidine rings is 1. The number of carbonyl (C=O) groups is 2. The molecule has 0 aromatic heterocycles. The lowest BCUT2D eigenvalue weighted by molar-refractivity contribution is -0.152. The van der Waals surface area contributed by atoms with Crippen LogP contribution < -0.4 is 0 Å². The fraction of sp³-hybridized carbons (Fsp3) is 0.846. The number of hydrogen-bond acceptors (Lipinski definition) is 2. The van der Waals surface area contributed by atoms with Crippen LogP contribution in [0.15, 0.2) is 0 Å². The predicted octanol–water partition coefficient (Wildman–Crippen LogP) is 3.12. The smallest absolute Gasteiger partial charge is 0.229 e. The third kappa shape index (κ3) is 4.78. The van der Waals surface area contributed by atoms with E-state index in [4.69, 9.17) is 0 Å². The first-order chi connectivity index (χ1) is 7.96. The molecule has 0 aromatic carbocycles. The average molecular weight is 304 g/mol. The van der Waals surface area contributed by atoms with E-state index in [9.17, 15) is 9.59 Å². The van der Waals surface area contributed by atoms with E-state index in [1.54, 1.807) is 0 Å². The molecule has 2 amide bonds. The van der Waals surface area contributed by atoms with Crippen molar-refractivity contribution in [3.05, 3.63) is 0 Å². The molecule has 0 unspecified atom stereocenters. The molecule has 1 fully saturated rings. The van der Waals surface area contributed by atoms with Crippen LogP contribution in [0.2, 0.25) is 0 Å². The number of rotatable bonds is 6. The second-order valence-corrected chi connectivity index (χ2v) is 6.35. The third-order valence-corrected chi connectivity index (χ3v) is 3.69. The zero-order chi connectivity index (χ0) is 12.9. The van der Waals surface area contributed by atoms with E-state index in [0.29, 0.717) is 19.4 Å². The largest absolute Gasteiger partial charge is 0.283 e. The molecular formula is C13H22BrNO2. The van der Waals surface area contributed by atoms with Gasteiger partial charge in [0.1, 0.15) is 0 Å². The average Bonchev–Trinajstić information content (AvgIpc) is 2.19. The van der Waals surface area contributed by atoms with Crippen LogP contribution in [0.5, 0.6) is 0 Å². The Kier molecular flexibility index (Phi) is 5.63. The van der Waals surface area contributed by atoms with Crippen LogP contribution in [0.3, 0.4) is 0 Å². The Labute approximate surface area is 112 Å². The van der Waals surface area contributed by atoms with E-state index in [-0.39, 0.29) is 17.2 Å². The molecule has 0 saturated carbocycles. The van der Waals surface area contributed by atoms with Gasteiger partial charge in [-0.15, -0.1) is 0 Å². The summed E-state index contributed by atoms with van der Waals surface area (Å²) in [6.45, 7) is 4.57. The van der Waals surface area contributed by atoms with Crippen molar-refractivity contribution in [2.24, 2.45) is 5.41 Å². The van der Waals surface area contributed by atoms with Crippen molar-refractivity contribution < 1.29 is 9.59 Å². The highest BCUT2D eigenvalue weighted by Gasteiger charge is 2.36. The highest BCUT2D eigenvalue weighted by Crippen LogP contribution is 2.31. The van der Waals surface area contributed by atoms with Crippen molar-refractivity contribution >= 4 is 27.7 Å². The lowest BCUT2D eigenvalue weighted by Gasteiger charge is -2.34. The van der Waals surface area contributed by atoms with Gasteiger partial charge in [-0.05, 0) is 18.3 Å². The van der Waals surface area contributed by atoms with Crippen LogP contribution >= 0.6 is 15.9 Å². The molecule has 1 rings (SSSR count). The Morgan fingerprint density at radius 2 is 1.59 bits per heavy atom. The molecule has 1 aliphatic heterocycles. The SMILES string of the molecule is CC1(C)CC(=O)N(CCCCCCBr)C(=O)C1. The summed E-state index contributed by atoms with van der Waals surface area (Å²) in [6, 6.07) is 0. The van der Waals surface area contributed by atoms with Gasteiger partial charge in [0.15, 0.2) is 0 Å². The number of hydrogen-bond donors (Lipinski definition) is 0. The van der Waals surface area contributed by atoms with Crippen molar-refractivity contribution in [1.82, 2.24) is 4.90 Å². The fourth-order valence-corrected chi connectivity index (χ4v) is 2.58.